The number of esters is 1. The predicted octanol–water partition coefficient (Wildman–Crippen LogP) is 7.44. The Balaban J connectivity index is 4.18. The topological polar surface area (TPSA) is 46.6 Å². The summed E-state index contributed by atoms with van der Waals surface area (Å²) in [4.78, 5) is 26.7. The van der Waals surface area contributed by atoms with Gasteiger partial charge in [0.15, 0.2) is 0 Å². The Kier molecular flexibility index (Phi) is 21.8. The first-order chi connectivity index (χ1) is 14.7. The average Bonchev–Trinajstić information content (AvgIpc) is 2.75. The van der Waals surface area contributed by atoms with E-state index in [0.29, 0.717) is 13.0 Å². The second kappa shape index (κ2) is 22.6. The molecule has 178 valence electrons. The van der Waals surface area contributed by atoms with Gasteiger partial charge < -0.3 is 9.64 Å². The molecule has 30 heavy (non-hydrogen) atoms. The van der Waals surface area contributed by atoms with Crippen LogP contribution in [0, 0.1) is 0 Å². The van der Waals surface area contributed by atoms with Gasteiger partial charge in [0.05, 0.1) is 13.0 Å². The van der Waals surface area contributed by atoms with Crippen LogP contribution in [-0.2, 0) is 14.3 Å². The number of carbonyl (C=O) groups is 2. The Morgan fingerprint density at radius 1 is 0.567 bits per heavy atom. The van der Waals surface area contributed by atoms with Crippen molar-refractivity contribution in [2.24, 2.45) is 0 Å². The summed E-state index contributed by atoms with van der Waals surface area (Å²) in [7, 11) is 0. The zero-order chi connectivity index (χ0) is 22.3. The zero-order valence-electron chi connectivity index (χ0n) is 20.5. The number of hydrogen-bond acceptors (Lipinski definition) is 3. The minimum atomic E-state index is -0.223. The lowest BCUT2D eigenvalue weighted by molar-refractivity contribution is -0.146. The first-order valence-corrected chi connectivity index (χ1v) is 13.1. The molecule has 1 amide bonds. The molecule has 0 N–H and O–H groups in total. The predicted molar refractivity (Wildman–Crippen MR) is 128 cm³/mol. The van der Waals surface area contributed by atoms with Gasteiger partial charge in [0, 0.05) is 19.5 Å². The van der Waals surface area contributed by atoms with Crippen molar-refractivity contribution >= 4 is 11.9 Å². The van der Waals surface area contributed by atoms with Crippen molar-refractivity contribution in [1.82, 2.24) is 4.90 Å². The first kappa shape index (κ1) is 28.9. The van der Waals surface area contributed by atoms with Crippen LogP contribution in [0.3, 0.4) is 0 Å². The highest BCUT2D eigenvalue weighted by Gasteiger charge is 2.15. The van der Waals surface area contributed by atoms with Crippen LogP contribution in [0.1, 0.15) is 136 Å². The van der Waals surface area contributed by atoms with E-state index in [9.17, 15) is 9.59 Å². The van der Waals surface area contributed by atoms with Gasteiger partial charge in [-0.2, -0.15) is 0 Å². The lowest BCUT2D eigenvalue weighted by Gasteiger charge is -2.23. The van der Waals surface area contributed by atoms with Crippen LogP contribution in [0.4, 0.5) is 0 Å². The third-order valence-corrected chi connectivity index (χ3v) is 5.72. The molecule has 0 heterocycles. The fourth-order valence-electron chi connectivity index (χ4n) is 3.68. The summed E-state index contributed by atoms with van der Waals surface area (Å²) in [6, 6.07) is 0. The summed E-state index contributed by atoms with van der Waals surface area (Å²) in [6.07, 6.45) is 19.7. The number of unbranched alkanes of at least 4 members (excludes halogenated alkanes) is 13. The van der Waals surface area contributed by atoms with Gasteiger partial charge in [-0.15, -0.1) is 0 Å². The van der Waals surface area contributed by atoms with Gasteiger partial charge in [-0.05, 0) is 19.3 Å². The van der Waals surface area contributed by atoms with Crippen LogP contribution in [0.25, 0.3) is 0 Å². The zero-order valence-corrected chi connectivity index (χ0v) is 20.5. The van der Waals surface area contributed by atoms with Gasteiger partial charge >= 0.3 is 5.97 Å². The Morgan fingerprint density at radius 3 is 1.50 bits per heavy atom. The van der Waals surface area contributed by atoms with Crippen LogP contribution in [0.5, 0.6) is 0 Å². The molecule has 0 aliphatic heterocycles. The van der Waals surface area contributed by atoms with Gasteiger partial charge in [-0.25, -0.2) is 0 Å². The second-order valence-electron chi connectivity index (χ2n) is 8.70. The molecule has 4 nitrogen and oxygen atoms in total. The molecule has 0 fully saturated rings. The molecular weight excluding hydrogens is 374 g/mol. The third-order valence-electron chi connectivity index (χ3n) is 5.72. The van der Waals surface area contributed by atoms with Crippen molar-refractivity contribution in [2.75, 3.05) is 19.7 Å². The molecule has 0 saturated heterocycles. The SMILES string of the molecule is CCCCCCCCN(CCCCCCCC)C(=O)CCC(=O)OCCCCCC. The molecule has 0 aromatic carbocycles. The highest BCUT2D eigenvalue weighted by molar-refractivity contribution is 5.81. The van der Waals surface area contributed by atoms with Gasteiger partial charge in [0.1, 0.15) is 0 Å². The fourth-order valence-corrected chi connectivity index (χ4v) is 3.68. The molecule has 0 rings (SSSR count). The van der Waals surface area contributed by atoms with Crippen molar-refractivity contribution in [3.05, 3.63) is 0 Å². The summed E-state index contributed by atoms with van der Waals surface area (Å²) in [6.45, 7) is 8.80. The number of ether oxygens (including phenoxy) is 1. The largest absolute Gasteiger partial charge is 0.466 e. The van der Waals surface area contributed by atoms with E-state index in [1.165, 1.54) is 77.0 Å². The van der Waals surface area contributed by atoms with Gasteiger partial charge in [-0.1, -0.05) is 104 Å². The molecule has 0 atom stereocenters. The molecule has 0 unspecified atom stereocenters. The van der Waals surface area contributed by atoms with E-state index in [2.05, 4.69) is 20.8 Å². The van der Waals surface area contributed by atoms with Gasteiger partial charge in [-0.3, -0.25) is 9.59 Å². The molecule has 0 aliphatic carbocycles. The number of amides is 1. The number of hydrogen-bond donors (Lipinski definition) is 0. The van der Waals surface area contributed by atoms with Crippen LogP contribution < -0.4 is 0 Å². The van der Waals surface area contributed by atoms with E-state index in [1.807, 2.05) is 4.90 Å². The standard InChI is InChI=1S/C26H51NO3/c1-4-7-10-13-15-17-22-27(23-18-16-14-11-8-5-2)25(28)20-21-26(29)30-24-19-12-9-6-3/h4-24H2,1-3H3. The summed E-state index contributed by atoms with van der Waals surface area (Å²) in [5, 5.41) is 0. The number of carbonyl (C=O) groups excluding carboxylic acids is 2. The van der Waals surface area contributed by atoms with E-state index in [-0.39, 0.29) is 18.3 Å². The number of rotatable bonds is 22. The molecular formula is C26H51NO3. The maximum absolute atomic E-state index is 12.7. The molecule has 0 radical (unpaired) electrons. The molecule has 0 saturated carbocycles. The van der Waals surface area contributed by atoms with Crippen LogP contribution in [-0.4, -0.2) is 36.5 Å². The Labute approximate surface area is 187 Å². The highest BCUT2D eigenvalue weighted by Crippen LogP contribution is 2.11. The van der Waals surface area contributed by atoms with E-state index < -0.39 is 0 Å². The Morgan fingerprint density at radius 2 is 1.00 bits per heavy atom. The highest BCUT2D eigenvalue weighted by atomic mass is 16.5. The van der Waals surface area contributed by atoms with Crippen molar-refractivity contribution in [3.8, 4) is 0 Å². The molecule has 0 aromatic heterocycles. The quantitative estimate of drug-likeness (QED) is 0.134. The monoisotopic (exact) mass is 425 g/mol. The smallest absolute Gasteiger partial charge is 0.306 e. The minimum Gasteiger partial charge on any atom is -0.466 e. The van der Waals surface area contributed by atoms with Crippen LogP contribution in [0.2, 0.25) is 0 Å². The molecule has 0 bridgehead atoms. The second-order valence-corrected chi connectivity index (χ2v) is 8.70. The van der Waals surface area contributed by atoms with E-state index in [4.69, 9.17) is 4.74 Å². The normalized spacial score (nSPS) is 10.9. The number of nitrogens with zero attached hydrogens (tertiary/aromatic N) is 1. The van der Waals surface area contributed by atoms with Crippen molar-refractivity contribution < 1.29 is 14.3 Å². The summed E-state index contributed by atoms with van der Waals surface area (Å²) in [5.74, 6) is -0.0982. The lowest BCUT2D eigenvalue weighted by atomic mass is 10.1. The van der Waals surface area contributed by atoms with Crippen molar-refractivity contribution in [2.45, 2.75) is 136 Å². The molecule has 0 aromatic rings. The Bertz CT molecular complexity index is 382. The fraction of sp³-hybridized carbons (Fsp3) is 0.923. The Hall–Kier alpha value is -1.06. The van der Waals surface area contributed by atoms with Crippen molar-refractivity contribution in [3.63, 3.8) is 0 Å². The lowest BCUT2D eigenvalue weighted by Crippen LogP contribution is -2.33. The van der Waals surface area contributed by atoms with E-state index >= 15 is 0 Å². The third kappa shape index (κ3) is 18.9. The summed E-state index contributed by atoms with van der Waals surface area (Å²) < 4.78 is 5.28. The summed E-state index contributed by atoms with van der Waals surface area (Å²) in [5.41, 5.74) is 0. The van der Waals surface area contributed by atoms with Gasteiger partial charge in [0.25, 0.3) is 0 Å². The molecule has 0 spiro atoms. The summed E-state index contributed by atoms with van der Waals surface area (Å²) >= 11 is 0. The maximum Gasteiger partial charge on any atom is 0.306 e. The minimum absolute atomic E-state index is 0.125. The van der Waals surface area contributed by atoms with Crippen molar-refractivity contribution in [1.29, 1.82) is 0 Å². The average molecular weight is 426 g/mol. The molecule has 4 heteroatoms. The van der Waals surface area contributed by atoms with E-state index in [0.717, 1.165) is 38.8 Å². The first-order valence-electron chi connectivity index (χ1n) is 13.1. The van der Waals surface area contributed by atoms with Crippen LogP contribution >= 0.6 is 0 Å². The van der Waals surface area contributed by atoms with Crippen LogP contribution in [0.15, 0.2) is 0 Å². The maximum atomic E-state index is 12.7. The molecule has 0 aliphatic rings. The van der Waals surface area contributed by atoms with Gasteiger partial charge in [0.2, 0.25) is 5.91 Å². The van der Waals surface area contributed by atoms with E-state index in [1.54, 1.807) is 0 Å².